The number of rotatable bonds is 21. The number of unbranched alkanes of at least 4 members (excludes halogenated alkanes) is 5. The number of amides is 6. The molecule has 17 nitrogen and oxygen atoms in total. The first-order valence-electron chi connectivity index (χ1n) is 29.0. The predicted octanol–water partition coefficient (Wildman–Crippen LogP) is 12.3. The first-order valence-corrected chi connectivity index (χ1v) is 29.8. The first-order chi connectivity index (χ1) is 41.4. The van der Waals surface area contributed by atoms with Gasteiger partial charge >= 0.3 is 6.03 Å². The Bertz CT molecular complexity index is 3460. The van der Waals surface area contributed by atoms with E-state index in [9.17, 15) is 28.0 Å². The molecule has 0 saturated carbocycles. The molecule has 3 N–H and O–H groups in total. The summed E-state index contributed by atoms with van der Waals surface area (Å²) < 4.78 is 46.8. The number of aryl methyl sites for hydroxylation is 1. The Hall–Kier alpha value is -8.29. The lowest BCUT2D eigenvalue weighted by Gasteiger charge is -2.38. The Balaban J connectivity index is 0.698. The van der Waals surface area contributed by atoms with Crippen molar-refractivity contribution in [1.29, 1.82) is 0 Å². The van der Waals surface area contributed by atoms with Crippen molar-refractivity contribution in [3.8, 4) is 17.2 Å². The number of carbonyl (C=O) groups excluding carboxylic acids is 5. The summed E-state index contributed by atoms with van der Waals surface area (Å²) in [6.07, 6.45) is 5.63. The topological polar surface area (TPSA) is 193 Å². The maximum Gasteiger partial charge on any atom is 0.326 e. The molecule has 0 unspecified atom stereocenters. The summed E-state index contributed by atoms with van der Waals surface area (Å²) in [4.78, 5) is 86.9. The van der Waals surface area contributed by atoms with Gasteiger partial charge in [0, 0.05) is 80.8 Å². The number of amidine groups is 1. The number of urea groups is 1. The number of hydrogen-bond donors (Lipinski definition) is 2. The van der Waals surface area contributed by atoms with Gasteiger partial charge < -0.3 is 44.9 Å². The van der Waals surface area contributed by atoms with Crippen molar-refractivity contribution in [2.45, 2.75) is 96.9 Å². The average molecular weight is 1220 g/mol. The fourth-order valence-corrected chi connectivity index (χ4v) is 11.2. The van der Waals surface area contributed by atoms with E-state index < -0.39 is 41.3 Å². The maximum atomic E-state index is 15.1. The van der Waals surface area contributed by atoms with Crippen molar-refractivity contribution in [2.75, 3.05) is 70.5 Å². The smallest absolute Gasteiger partial charge is 0.326 e. The molecule has 0 bridgehead atoms. The molecule has 4 heterocycles. The largest absolute Gasteiger partial charge is 0.497 e. The van der Waals surface area contributed by atoms with Crippen LogP contribution in [-0.4, -0.2) is 131 Å². The molecule has 9 rings (SSSR count). The van der Waals surface area contributed by atoms with E-state index in [0.29, 0.717) is 91.4 Å². The number of aromatic nitrogens is 1. The van der Waals surface area contributed by atoms with Gasteiger partial charge in [0.2, 0.25) is 11.8 Å². The molecule has 3 atom stereocenters. The highest BCUT2D eigenvalue weighted by atomic mass is 35.5. The van der Waals surface area contributed by atoms with Gasteiger partial charge in [-0.25, -0.2) is 18.6 Å². The molecule has 0 aliphatic carbocycles. The number of nitrogens with two attached hydrogens (primary N) is 1. The minimum absolute atomic E-state index is 0.0619. The summed E-state index contributed by atoms with van der Waals surface area (Å²) in [6, 6.07) is 29.6. The highest BCUT2D eigenvalue weighted by Gasteiger charge is 2.46. The summed E-state index contributed by atoms with van der Waals surface area (Å²) in [5, 5.41) is 3.04. The van der Waals surface area contributed by atoms with Crippen LogP contribution in [0.4, 0.5) is 25.1 Å². The van der Waals surface area contributed by atoms with Crippen molar-refractivity contribution in [3.63, 3.8) is 0 Å². The van der Waals surface area contributed by atoms with Crippen LogP contribution in [0.15, 0.2) is 120 Å². The van der Waals surface area contributed by atoms with Gasteiger partial charge in [-0.1, -0.05) is 90.8 Å². The third-order valence-corrected chi connectivity index (χ3v) is 16.1. The third kappa shape index (κ3) is 14.8. The van der Waals surface area contributed by atoms with Gasteiger partial charge in [-0.2, -0.15) is 0 Å². The fraction of sp³-hybridized carbons (Fsp3) is 0.369. The monoisotopic (exact) mass is 1210 g/mol. The number of piperazine rings is 2. The number of nitrogen functional groups attached to an aromatic ring is 1. The van der Waals surface area contributed by atoms with E-state index in [4.69, 9.17) is 48.1 Å². The number of pyridine rings is 1. The molecule has 0 radical (unpaired) electrons. The molecule has 2 saturated heterocycles. The highest BCUT2D eigenvalue weighted by Crippen LogP contribution is 2.46. The molecule has 1 aromatic heterocycles. The van der Waals surface area contributed by atoms with Gasteiger partial charge in [-0.05, 0) is 118 Å². The second-order valence-electron chi connectivity index (χ2n) is 22.0. The highest BCUT2D eigenvalue weighted by molar-refractivity contribution is 6.31. The van der Waals surface area contributed by atoms with Gasteiger partial charge in [-0.3, -0.25) is 29.1 Å². The van der Waals surface area contributed by atoms with E-state index in [1.54, 1.807) is 57.0 Å². The van der Waals surface area contributed by atoms with Crippen molar-refractivity contribution < 1.29 is 47.0 Å². The molecule has 5 aromatic carbocycles. The van der Waals surface area contributed by atoms with Crippen LogP contribution in [0.5, 0.6) is 17.2 Å². The minimum Gasteiger partial charge on any atom is -0.497 e. The number of nitrogens with one attached hydrogen (secondary N) is 1. The Morgan fingerprint density at radius 1 is 0.733 bits per heavy atom. The number of hydrogen-bond acceptors (Lipinski definition) is 11. The summed E-state index contributed by atoms with van der Waals surface area (Å²) >= 11 is 12.3. The zero-order valence-corrected chi connectivity index (χ0v) is 50.4. The quantitative estimate of drug-likeness (QED) is 0.0517. The first kappa shape index (κ1) is 62.2. The fourth-order valence-electron chi connectivity index (χ4n) is 10.9. The van der Waals surface area contributed by atoms with Crippen LogP contribution in [0.25, 0.3) is 0 Å². The maximum absolute atomic E-state index is 15.1. The lowest BCUT2D eigenvalue weighted by Crippen LogP contribution is -2.56. The van der Waals surface area contributed by atoms with Crippen LogP contribution in [0.1, 0.15) is 132 Å². The van der Waals surface area contributed by atoms with E-state index in [1.807, 2.05) is 86.3 Å². The Labute approximate surface area is 510 Å². The number of halogens is 4. The number of aliphatic imine (C=N–C) groups is 1. The molecule has 3 aliphatic heterocycles. The van der Waals surface area contributed by atoms with Crippen LogP contribution in [-0.2, 0) is 9.59 Å². The summed E-state index contributed by atoms with van der Waals surface area (Å²) in [5.41, 5.74) is 9.95. The van der Waals surface area contributed by atoms with Gasteiger partial charge in [-0.15, -0.1) is 0 Å². The van der Waals surface area contributed by atoms with Crippen molar-refractivity contribution in [3.05, 3.63) is 176 Å². The number of methoxy groups -OCH3 is 1. The molecular formula is C65H71Cl2F2N9O8. The minimum atomic E-state index is -1.16. The van der Waals surface area contributed by atoms with Crippen molar-refractivity contribution >= 4 is 70.2 Å². The van der Waals surface area contributed by atoms with Crippen molar-refractivity contribution in [1.82, 2.24) is 29.5 Å². The molecule has 2 fully saturated rings. The number of nitrogens with zero attached hydrogens (tertiary/aromatic N) is 7. The zero-order chi connectivity index (χ0) is 61.2. The normalized spacial score (nSPS) is 16.5. The van der Waals surface area contributed by atoms with Gasteiger partial charge in [0.25, 0.3) is 11.8 Å². The van der Waals surface area contributed by atoms with E-state index >= 15 is 4.79 Å². The molecule has 6 amide bonds. The molecule has 21 heteroatoms. The van der Waals surface area contributed by atoms with Gasteiger partial charge in [0.15, 0.2) is 17.4 Å². The third-order valence-electron chi connectivity index (χ3n) is 15.6. The van der Waals surface area contributed by atoms with E-state index in [2.05, 4.69) is 10.3 Å². The lowest BCUT2D eigenvalue weighted by molar-refractivity contribution is -0.135. The predicted molar refractivity (Wildman–Crippen MR) is 327 cm³/mol. The van der Waals surface area contributed by atoms with Crippen LogP contribution in [0, 0.1) is 18.6 Å². The van der Waals surface area contributed by atoms with Gasteiger partial charge in [0.05, 0.1) is 41.0 Å². The number of ether oxygens (including phenoxy) is 3. The molecule has 3 aliphatic rings. The average Bonchev–Trinajstić information content (AvgIpc) is 1.69. The standard InChI is InChI=1S/C65H71Cl2F2N9O8/c1-40(2)85-53-37-49(84-5)25-26-50(53)62-73-59(43-15-13-41(3)14-16-43)60(44-17-21-47(66)22-18-44)78(62)65(83)77-35-32-74(56(80)39-77)29-11-9-7-6-8-10-12-55(79)75-30-33-76(34-31-75)64(82)45-19-23-48(24-20-45)72-63(81)46-36-54(61(70)71-38-46)86-42(4)57-52(68)28-27-51(67)58(57)69/h13-28,36-38,40,42,59-60H,6-12,29-35,39H2,1-5H3,(H2,70,71)(H,72,81)/t42-,59+,60-/m1/s1. The number of anilines is 2. The summed E-state index contributed by atoms with van der Waals surface area (Å²) in [6.45, 7) is 10.2. The molecule has 452 valence electrons. The van der Waals surface area contributed by atoms with Crippen molar-refractivity contribution in [2.24, 2.45) is 4.99 Å². The van der Waals surface area contributed by atoms with E-state index in [0.717, 1.165) is 67.3 Å². The zero-order valence-electron chi connectivity index (χ0n) is 48.9. The molecular weight excluding hydrogens is 1140 g/mol. The van der Waals surface area contributed by atoms with E-state index in [-0.39, 0.29) is 58.6 Å². The Kier molecular flexibility index (Phi) is 20.5. The number of benzene rings is 5. The summed E-state index contributed by atoms with van der Waals surface area (Å²) in [5.74, 6) is -1.24. The van der Waals surface area contributed by atoms with Crippen LogP contribution < -0.4 is 25.3 Å². The number of carbonyl (C=O) groups is 5. The Morgan fingerprint density at radius 2 is 1.40 bits per heavy atom. The second kappa shape index (κ2) is 28.3. The van der Waals surface area contributed by atoms with E-state index in [1.165, 1.54) is 19.2 Å². The van der Waals surface area contributed by atoms with Crippen LogP contribution >= 0.6 is 23.2 Å². The summed E-state index contributed by atoms with van der Waals surface area (Å²) in [7, 11) is 1.59. The van der Waals surface area contributed by atoms with Gasteiger partial charge in [0.1, 0.15) is 41.8 Å². The van der Waals surface area contributed by atoms with Crippen LogP contribution in [0.3, 0.4) is 0 Å². The van der Waals surface area contributed by atoms with Crippen LogP contribution in [0.2, 0.25) is 10.0 Å². The molecule has 86 heavy (non-hydrogen) atoms. The second-order valence-corrected chi connectivity index (χ2v) is 22.8. The molecule has 6 aromatic rings. The Morgan fingerprint density at radius 3 is 2.08 bits per heavy atom. The molecule has 0 spiro atoms. The lowest BCUT2D eigenvalue weighted by atomic mass is 9.93. The SMILES string of the molecule is COc1ccc(C2=N[C@@H](c3ccc(C)cc3)[C@@H](c3ccc(Cl)cc3)N2C(=O)N2CCN(CCCCCCCCC(=O)N3CCN(C(=O)c4ccc(NC(=O)c5cnc(N)c(O[C@H](C)c6c(F)ccc(Cl)c6F)c5)cc4)CC3)C(=O)C2)c(OC(C)C)c1.